The van der Waals surface area contributed by atoms with Crippen molar-refractivity contribution in [2.45, 2.75) is 13.1 Å². The number of nitrogens with one attached hydrogen (secondary N) is 1. The molecule has 1 saturated heterocycles. The van der Waals surface area contributed by atoms with Crippen molar-refractivity contribution in [2.75, 3.05) is 25.4 Å². The number of halogens is 1. The predicted molar refractivity (Wildman–Crippen MR) is 113 cm³/mol. The highest BCUT2D eigenvalue weighted by molar-refractivity contribution is 7.16. The molecule has 29 heavy (non-hydrogen) atoms. The Morgan fingerprint density at radius 2 is 2.10 bits per heavy atom. The summed E-state index contributed by atoms with van der Waals surface area (Å²) in [5, 5.41) is 3.62. The molecule has 0 bridgehead atoms. The molecule has 0 saturated carbocycles. The first-order valence-electron chi connectivity index (χ1n) is 9.03. The third-order valence-electron chi connectivity index (χ3n) is 4.75. The predicted octanol–water partition coefficient (Wildman–Crippen LogP) is 2.48. The number of nitrogens with zero attached hydrogens (tertiary/aromatic N) is 4. The van der Waals surface area contributed by atoms with E-state index in [0.717, 1.165) is 21.3 Å². The third-order valence-corrected chi connectivity index (χ3v) is 5.98. The number of fused-ring (bicyclic) bond motifs is 1. The number of benzene rings is 1. The van der Waals surface area contributed by atoms with Crippen molar-refractivity contribution in [3.8, 4) is 0 Å². The molecule has 0 atom stereocenters. The number of aromatic nitrogens is 2. The zero-order valence-electron chi connectivity index (χ0n) is 15.5. The summed E-state index contributed by atoms with van der Waals surface area (Å²) in [6.45, 7) is 1.86. The first-order valence-corrected chi connectivity index (χ1v) is 10.2. The Labute approximate surface area is 176 Å². The summed E-state index contributed by atoms with van der Waals surface area (Å²) in [5.41, 5.74) is 7.55. The van der Waals surface area contributed by atoms with Crippen molar-refractivity contribution in [1.29, 1.82) is 0 Å². The molecule has 3 N–H and O–H groups in total. The van der Waals surface area contributed by atoms with Crippen LogP contribution in [-0.4, -0.2) is 51.3 Å². The summed E-state index contributed by atoms with van der Waals surface area (Å²) in [7, 11) is 0. The van der Waals surface area contributed by atoms with Gasteiger partial charge in [-0.2, -0.15) is 0 Å². The monoisotopic (exact) mass is 430 g/mol. The van der Waals surface area contributed by atoms with Gasteiger partial charge in [-0.15, -0.1) is 11.3 Å². The number of hydrogen-bond acceptors (Lipinski definition) is 6. The van der Waals surface area contributed by atoms with Gasteiger partial charge in [-0.25, -0.2) is 14.8 Å². The number of carbonyl (C=O) groups is 2. The van der Waals surface area contributed by atoms with Gasteiger partial charge in [0.1, 0.15) is 18.7 Å². The van der Waals surface area contributed by atoms with E-state index in [2.05, 4.69) is 15.3 Å². The zero-order chi connectivity index (χ0) is 20.4. The second-order valence-corrected chi connectivity index (χ2v) is 8.51. The number of rotatable bonds is 4. The number of hydrogen-bond donors (Lipinski definition) is 2. The van der Waals surface area contributed by atoms with Gasteiger partial charge >= 0.3 is 6.03 Å². The van der Waals surface area contributed by atoms with Crippen molar-refractivity contribution in [2.24, 2.45) is 0 Å². The third kappa shape index (κ3) is 4.41. The first kappa shape index (κ1) is 19.4. The summed E-state index contributed by atoms with van der Waals surface area (Å²) < 4.78 is 0.681. The fourth-order valence-electron chi connectivity index (χ4n) is 3.21. The lowest BCUT2D eigenvalue weighted by atomic mass is 10.1. The molecule has 3 aromatic rings. The highest BCUT2D eigenvalue weighted by Gasteiger charge is 2.27. The molecule has 0 aliphatic carbocycles. The molecule has 3 heterocycles. The molecule has 1 aromatic carbocycles. The van der Waals surface area contributed by atoms with Crippen molar-refractivity contribution < 1.29 is 9.59 Å². The van der Waals surface area contributed by atoms with Crippen LogP contribution in [0.2, 0.25) is 4.34 Å². The average molecular weight is 431 g/mol. The summed E-state index contributed by atoms with van der Waals surface area (Å²) in [5.74, 6) is 0.343. The standard InChI is InChI=1S/C19H19ClN6O2S/c20-16-4-2-13(29-16)8-22-19(28)26-6-5-25(17(27)10-26)9-12-1-3-14-15(7-12)23-11-24-18(14)21/h1-4,7,11H,5-6,8-10H2,(H,22,28)(H2,21,23,24). The lowest BCUT2D eigenvalue weighted by molar-refractivity contribution is -0.135. The highest BCUT2D eigenvalue weighted by Crippen LogP contribution is 2.21. The number of thiophene rings is 1. The minimum atomic E-state index is -0.250. The van der Waals surface area contributed by atoms with Gasteiger partial charge in [0.15, 0.2) is 0 Å². The van der Waals surface area contributed by atoms with Gasteiger partial charge in [-0.05, 0) is 29.8 Å². The Balaban J connectivity index is 1.34. The van der Waals surface area contributed by atoms with E-state index in [1.165, 1.54) is 22.6 Å². The number of carbonyl (C=O) groups excluding carboxylic acids is 2. The van der Waals surface area contributed by atoms with Crippen LogP contribution in [0.1, 0.15) is 10.4 Å². The largest absolute Gasteiger partial charge is 0.383 e. The molecule has 0 radical (unpaired) electrons. The van der Waals surface area contributed by atoms with Gasteiger partial charge in [0.25, 0.3) is 0 Å². The maximum Gasteiger partial charge on any atom is 0.318 e. The van der Waals surface area contributed by atoms with E-state index in [9.17, 15) is 9.59 Å². The molecular weight excluding hydrogens is 412 g/mol. The molecule has 1 aliphatic rings. The van der Waals surface area contributed by atoms with E-state index in [0.29, 0.717) is 36.3 Å². The number of nitrogen functional groups attached to an aromatic ring is 1. The Bertz CT molecular complexity index is 1070. The van der Waals surface area contributed by atoms with Crippen molar-refractivity contribution in [1.82, 2.24) is 25.1 Å². The molecule has 150 valence electrons. The molecule has 4 rings (SSSR count). The van der Waals surface area contributed by atoms with Gasteiger partial charge in [-0.1, -0.05) is 17.7 Å². The molecule has 8 nitrogen and oxygen atoms in total. The highest BCUT2D eigenvalue weighted by atomic mass is 35.5. The van der Waals surface area contributed by atoms with E-state index in [1.807, 2.05) is 24.3 Å². The number of piperazine rings is 1. The number of nitrogens with two attached hydrogens (primary N) is 1. The average Bonchev–Trinajstić information content (AvgIpc) is 3.13. The van der Waals surface area contributed by atoms with Crippen LogP contribution in [0.25, 0.3) is 10.9 Å². The van der Waals surface area contributed by atoms with Gasteiger partial charge in [0.05, 0.1) is 16.4 Å². The summed E-state index contributed by atoms with van der Waals surface area (Å²) in [6, 6.07) is 9.11. The number of anilines is 1. The summed E-state index contributed by atoms with van der Waals surface area (Å²) in [6.07, 6.45) is 1.42. The Morgan fingerprint density at radius 3 is 2.86 bits per heavy atom. The summed E-state index contributed by atoms with van der Waals surface area (Å²) in [4.78, 5) is 37.4. The van der Waals surface area contributed by atoms with E-state index in [4.69, 9.17) is 17.3 Å². The molecule has 10 heteroatoms. The van der Waals surface area contributed by atoms with E-state index < -0.39 is 0 Å². The van der Waals surface area contributed by atoms with Gasteiger partial charge in [0, 0.05) is 29.9 Å². The fourth-order valence-corrected chi connectivity index (χ4v) is 4.24. The molecular formula is C19H19ClN6O2S. The minimum absolute atomic E-state index is 0.0553. The SMILES string of the molecule is Nc1ncnc2cc(CN3CCN(C(=O)NCc4ccc(Cl)s4)CC3=O)ccc12. The maximum atomic E-state index is 12.6. The number of urea groups is 1. The van der Waals surface area contributed by atoms with E-state index in [-0.39, 0.29) is 18.5 Å². The van der Waals surface area contributed by atoms with Gasteiger partial charge in [0.2, 0.25) is 5.91 Å². The Morgan fingerprint density at radius 1 is 1.24 bits per heavy atom. The summed E-state index contributed by atoms with van der Waals surface area (Å²) >= 11 is 7.32. The van der Waals surface area contributed by atoms with Crippen LogP contribution in [0.5, 0.6) is 0 Å². The number of amides is 3. The normalized spacial score (nSPS) is 14.4. The first-order chi connectivity index (χ1) is 14.0. The molecule has 1 fully saturated rings. The lowest BCUT2D eigenvalue weighted by Crippen LogP contribution is -2.54. The lowest BCUT2D eigenvalue weighted by Gasteiger charge is -2.34. The van der Waals surface area contributed by atoms with E-state index in [1.54, 1.807) is 11.0 Å². The smallest absolute Gasteiger partial charge is 0.318 e. The van der Waals surface area contributed by atoms with Crippen LogP contribution in [0.15, 0.2) is 36.7 Å². The quantitative estimate of drug-likeness (QED) is 0.661. The van der Waals surface area contributed by atoms with Crippen molar-refractivity contribution >= 4 is 51.6 Å². The molecule has 0 spiro atoms. The van der Waals surface area contributed by atoms with Gasteiger partial charge < -0.3 is 20.9 Å². The second-order valence-electron chi connectivity index (χ2n) is 6.71. The topological polar surface area (TPSA) is 104 Å². The van der Waals surface area contributed by atoms with Crippen LogP contribution in [-0.2, 0) is 17.9 Å². The van der Waals surface area contributed by atoms with Crippen LogP contribution < -0.4 is 11.1 Å². The minimum Gasteiger partial charge on any atom is -0.383 e. The van der Waals surface area contributed by atoms with E-state index >= 15 is 0 Å². The maximum absolute atomic E-state index is 12.6. The van der Waals surface area contributed by atoms with Crippen LogP contribution >= 0.6 is 22.9 Å². The van der Waals surface area contributed by atoms with Crippen molar-refractivity contribution in [3.05, 3.63) is 51.4 Å². The molecule has 0 unspecified atom stereocenters. The molecule has 3 amide bonds. The van der Waals surface area contributed by atoms with Crippen LogP contribution in [0.4, 0.5) is 10.6 Å². The van der Waals surface area contributed by atoms with Crippen LogP contribution in [0, 0.1) is 0 Å². The fraction of sp³-hybridized carbons (Fsp3) is 0.263. The Hall–Kier alpha value is -2.91. The molecule has 2 aromatic heterocycles. The van der Waals surface area contributed by atoms with Crippen LogP contribution in [0.3, 0.4) is 0 Å². The zero-order valence-corrected chi connectivity index (χ0v) is 17.0. The van der Waals surface area contributed by atoms with Crippen molar-refractivity contribution in [3.63, 3.8) is 0 Å². The van der Waals surface area contributed by atoms with Gasteiger partial charge in [-0.3, -0.25) is 4.79 Å². The Kier molecular flexibility index (Phi) is 5.50. The second kappa shape index (κ2) is 8.22. The molecule has 1 aliphatic heterocycles.